The van der Waals surface area contributed by atoms with E-state index in [0.29, 0.717) is 19.1 Å². The largest absolute Gasteiger partial charge is 0.491 e. The van der Waals surface area contributed by atoms with Gasteiger partial charge in [-0.15, -0.1) is 0 Å². The van der Waals surface area contributed by atoms with E-state index >= 15 is 0 Å². The van der Waals surface area contributed by atoms with Gasteiger partial charge in [0.2, 0.25) is 0 Å². The molecule has 22 heavy (non-hydrogen) atoms. The molecule has 1 aromatic carbocycles. The Morgan fingerprint density at radius 1 is 0.955 bits per heavy atom. The molecular formula is C20H22O2. The van der Waals surface area contributed by atoms with Crippen molar-refractivity contribution < 1.29 is 9.47 Å². The molecule has 0 heterocycles. The summed E-state index contributed by atoms with van der Waals surface area (Å²) in [5.41, 5.74) is 3.95. The topological polar surface area (TPSA) is 18.5 Å². The number of ether oxygens (including phenoxy) is 2. The molecule has 2 heteroatoms. The van der Waals surface area contributed by atoms with E-state index in [2.05, 4.69) is 56.3 Å². The average Bonchev–Trinajstić information content (AvgIpc) is 2.69. The minimum absolute atomic E-state index is 0.529. The van der Waals surface area contributed by atoms with Crippen LogP contribution < -0.4 is 4.74 Å². The Labute approximate surface area is 132 Å². The van der Waals surface area contributed by atoms with Crippen LogP contribution in [-0.2, 0) is 4.74 Å². The highest BCUT2D eigenvalue weighted by molar-refractivity contribution is 6.02. The van der Waals surface area contributed by atoms with Gasteiger partial charge in [-0.2, -0.15) is 0 Å². The van der Waals surface area contributed by atoms with Crippen LogP contribution in [0.25, 0.3) is 21.9 Å². The molecule has 114 valence electrons. The molecule has 0 atom stereocenters. The first-order valence-electron chi connectivity index (χ1n) is 7.77. The second kappa shape index (κ2) is 6.37. The van der Waals surface area contributed by atoms with E-state index in [1.807, 2.05) is 6.07 Å². The molecule has 0 aliphatic heterocycles. The summed E-state index contributed by atoms with van der Waals surface area (Å²) in [6.45, 7) is 5.64. The number of hydrogen-bond acceptors (Lipinski definition) is 2. The monoisotopic (exact) mass is 294 g/mol. The van der Waals surface area contributed by atoms with Crippen LogP contribution >= 0.6 is 0 Å². The maximum atomic E-state index is 5.71. The standard InChI is InChI=1S/C20H22O2/c1-14(2)15-5-4-6-19-16(11-15)12-17-13-18(7-8-20(17)19)22-10-9-21-3/h4-8,11-14H,9-10H2,1-3H3. The molecule has 0 N–H and O–H groups in total. The van der Waals surface area contributed by atoms with Crippen LogP contribution in [0.15, 0.2) is 48.5 Å². The Morgan fingerprint density at radius 3 is 2.59 bits per heavy atom. The number of rotatable bonds is 5. The van der Waals surface area contributed by atoms with E-state index in [-0.39, 0.29) is 0 Å². The zero-order valence-electron chi connectivity index (χ0n) is 13.4. The van der Waals surface area contributed by atoms with E-state index in [1.54, 1.807) is 7.11 Å². The number of hydrogen-bond donors (Lipinski definition) is 0. The van der Waals surface area contributed by atoms with E-state index in [0.717, 1.165) is 5.75 Å². The summed E-state index contributed by atoms with van der Waals surface area (Å²) in [5, 5.41) is 2.51. The Morgan fingerprint density at radius 2 is 1.82 bits per heavy atom. The minimum Gasteiger partial charge on any atom is -0.491 e. The molecule has 0 aromatic heterocycles. The molecule has 1 aromatic rings. The molecule has 0 spiro atoms. The van der Waals surface area contributed by atoms with Crippen LogP contribution in [0.3, 0.4) is 0 Å². The van der Waals surface area contributed by atoms with Gasteiger partial charge >= 0.3 is 0 Å². The van der Waals surface area contributed by atoms with E-state index < -0.39 is 0 Å². The van der Waals surface area contributed by atoms with Gasteiger partial charge in [-0.3, -0.25) is 0 Å². The SMILES string of the molecule is COCCOc1ccc2c3cccc(C(C)C)cc-3cc2c1. The third-order valence-electron chi connectivity index (χ3n) is 4.03. The van der Waals surface area contributed by atoms with Crippen molar-refractivity contribution >= 4 is 10.8 Å². The quantitative estimate of drug-likeness (QED) is 0.610. The van der Waals surface area contributed by atoms with Crippen molar-refractivity contribution in [3.8, 4) is 16.9 Å². The highest BCUT2D eigenvalue weighted by atomic mass is 16.5. The fraction of sp³-hybridized carbons (Fsp3) is 0.300. The summed E-state index contributed by atoms with van der Waals surface area (Å²) in [7, 11) is 1.68. The van der Waals surface area contributed by atoms with E-state index in [9.17, 15) is 0 Å². The Bertz CT molecular complexity index is 746. The molecule has 2 aliphatic rings. The smallest absolute Gasteiger partial charge is 0.120 e. The Hall–Kier alpha value is -2.06. The van der Waals surface area contributed by atoms with Gasteiger partial charge in [0, 0.05) is 7.11 Å². The summed E-state index contributed by atoms with van der Waals surface area (Å²) in [6, 6.07) is 17.4. The third kappa shape index (κ3) is 2.93. The first-order valence-corrected chi connectivity index (χ1v) is 7.77. The van der Waals surface area contributed by atoms with Gasteiger partial charge in [-0.1, -0.05) is 44.2 Å². The molecule has 0 fully saturated rings. The summed E-state index contributed by atoms with van der Waals surface area (Å²) >= 11 is 0. The predicted molar refractivity (Wildman–Crippen MR) is 92.0 cm³/mol. The molecular weight excluding hydrogens is 272 g/mol. The third-order valence-corrected chi connectivity index (χ3v) is 4.03. The second-order valence-corrected chi connectivity index (χ2v) is 5.93. The lowest BCUT2D eigenvalue weighted by atomic mass is 10.0. The molecule has 0 bridgehead atoms. The lowest BCUT2D eigenvalue weighted by Gasteiger charge is -2.05. The zero-order valence-corrected chi connectivity index (χ0v) is 13.4. The van der Waals surface area contributed by atoms with Gasteiger partial charge in [-0.05, 0) is 51.6 Å². The zero-order chi connectivity index (χ0) is 15.5. The van der Waals surface area contributed by atoms with Crippen molar-refractivity contribution in [3.05, 3.63) is 54.1 Å². The number of methoxy groups -OCH3 is 1. The van der Waals surface area contributed by atoms with Crippen molar-refractivity contribution in [2.24, 2.45) is 0 Å². The normalized spacial score (nSPS) is 11.5. The summed E-state index contributed by atoms with van der Waals surface area (Å²) in [5.74, 6) is 1.43. The fourth-order valence-corrected chi connectivity index (χ4v) is 2.79. The van der Waals surface area contributed by atoms with Crippen molar-refractivity contribution in [2.45, 2.75) is 19.8 Å². The van der Waals surface area contributed by atoms with Gasteiger partial charge in [0.05, 0.1) is 6.61 Å². The van der Waals surface area contributed by atoms with Crippen molar-refractivity contribution in [2.75, 3.05) is 20.3 Å². The maximum Gasteiger partial charge on any atom is 0.120 e. The first-order chi connectivity index (χ1) is 10.7. The van der Waals surface area contributed by atoms with Crippen LogP contribution in [-0.4, -0.2) is 20.3 Å². The maximum absolute atomic E-state index is 5.71. The van der Waals surface area contributed by atoms with Crippen LogP contribution in [0.5, 0.6) is 5.75 Å². The second-order valence-electron chi connectivity index (χ2n) is 5.93. The average molecular weight is 294 g/mol. The van der Waals surface area contributed by atoms with E-state index in [1.165, 1.54) is 27.5 Å². The molecule has 0 saturated heterocycles. The van der Waals surface area contributed by atoms with E-state index in [4.69, 9.17) is 9.47 Å². The van der Waals surface area contributed by atoms with Gasteiger partial charge in [0.25, 0.3) is 0 Å². The van der Waals surface area contributed by atoms with Crippen molar-refractivity contribution in [1.29, 1.82) is 0 Å². The Balaban J connectivity index is 2.02. The highest BCUT2D eigenvalue weighted by Gasteiger charge is 2.11. The molecule has 0 saturated carbocycles. The number of benzene rings is 1. The Kier molecular flexibility index (Phi) is 4.30. The van der Waals surface area contributed by atoms with Crippen molar-refractivity contribution in [3.63, 3.8) is 0 Å². The van der Waals surface area contributed by atoms with Crippen molar-refractivity contribution in [1.82, 2.24) is 0 Å². The van der Waals surface area contributed by atoms with Crippen LogP contribution in [0.2, 0.25) is 0 Å². The lowest BCUT2D eigenvalue weighted by molar-refractivity contribution is 0.146. The van der Waals surface area contributed by atoms with Crippen LogP contribution in [0.1, 0.15) is 25.3 Å². The molecule has 0 amide bonds. The highest BCUT2D eigenvalue weighted by Crippen LogP contribution is 2.36. The summed E-state index contributed by atoms with van der Waals surface area (Å²) in [4.78, 5) is 0. The van der Waals surface area contributed by atoms with Gasteiger partial charge in [0.1, 0.15) is 12.4 Å². The first kappa shape index (κ1) is 14.9. The molecule has 2 aliphatic carbocycles. The van der Waals surface area contributed by atoms with Gasteiger partial charge in [-0.25, -0.2) is 0 Å². The lowest BCUT2D eigenvalue weighted by Crippen LogP contribution is -2.03. The van der Waals surface area contributed by atoms with Gasteiger partial charge < -0.3 is 9.47 Å². The molecule has 0 unspecified atom stereocenters. The summed E-state index contributed by atoms with van der Waals surface area (Å²) < 4.78 is 10.7. The van der Waals surface area contributed by atoms with Crippen LogP contribution in [0, 0.1) is 0 Å². The summed E-state index contributed by atoms with van der Waals surface area (Å²) in [6.07, 6.45) is 0. The molecule has 0 radical (unpaired) electrons. The van der Waals surface area contributed by atoms with Crippen LogP contribution in [0.4, 0.5) is 0 Å². The minimum atomic E-state index is 0.529. The fourth-order valence-electron chi connectivity index (χ4n) is 2.79. The molecule has 3 rings (SSSR count). The molecule has 2 nitrogen and oxygen atoms in total. The number of fused-ring (bicyclic) bond motifs is 3. The predicted octanol–water partition coefficient (Wildman–Crippen LogP) is 5.09. The van der Waals surface area contributed by atoms with Gasteiger partial charge in [0.15, 0.2) is 0 Å².